The molecule has 3 heteroatoms. The zero-order valence-electron chi connectivity index (χ0n) is 14.2. The molecule has 24 heavy (non-hydrogen) atoms. The average molecular weight is 319 g/mol. The van der Waals surface area contributed by atoms with Crippen molar-refractivity contribution >= 4 is 22.4 Å². The van der Waals surface area contributed by atoms with Gasteiger partial charge in [0.05, 0.1) is 7.05 Å². The molecule has 2 N–H and O–H groups in total. The number of rotatable bonds is 5. The van der Waals surface area contributed by atoms with Gasteiger partial charge in [-0.25, -0.2) is 0 Å². The van der Waals surface area contributed by atoms with Gasteiger partial charge in [0.15, 0.2) is 6.54 Å². The minimum absolute atomic E-state index is 0.0369. The molecule has 0 fully saturated rings. The van der Waals surface area contributed by atoms with Crippen molar-refractivity contribution in [2.75, 3.05) is 18.9 Å². The molecule has 1 amide bonds. The van der Waals surface area contributed by atoms with Crippen LogP contribution in [0.3, 0.4) is 0 Å². The van der Waals surface area contributed by atoms with Crippen molar-refractivity contribution in [3.8, 4) is 0 Å². The van der Waals surface area contributed by atoms with Crippen LogP contribution >= 0.6 is 0 Å². The van der Waals surface area contributed by atoms with E-state index in [1.165, 1.54) is 16.5 Å². The quantitative estimate of drug-likeness (QED) is 0.745. The second-order valence-corrected chi connectivity index (χ2v) is 6.41. The summed E-state index contributed by atoms with van der Waals surface area (Å²) in [5, 5.41) is 5.31. The Morgan fingerprint density at radius 2 is 1.67 bits per heavy atom. The van der Waals surface area contributed by atoms with E-state index < -0.39 is 0 Å². The summed E-state index contributed by atoms with van der Waals surface area (Å²) in [5.41, 5.74) is 3.35. The minimum atomic E-state index is 0.0369. The number of benzene rings is 3. The number of hydrogen-bond donors (Lipinski definition) is 2. The lowest BCUT2D eigenvalue weighted by molar-refractivity contribution is -0.885. The van der Waals surface area contributed by atoms with E-state index in [0.29, 0.717) is 6.54 Å². The molecule has 1 unspecified atom stereocenters. The summed E-state index contributed by atoms with van der Waals surface area (Å²) in [6, 6.07) is 22.6. The smallest absolute Gasteiger partial charge is 0.279 e. The number of likely N-dealkylation sites (N-methyl/N-ethyl adjacent to an activating group) is 1. The summed E-state index contributed by atoms with van der Waals surface area (Å²) in [6.07, 6.45) is 0. The van der Waals surface area contributed by atoms with Crippen LogP contribution in [0.15, 0.2) is 66.7 Å². The molecular formula is C21H23N2O+. The van der Waals surface area contributed by atoms with Crippen molar-refractivity contribution in [2.24, 2.45) is 0 Å². The number of carbonyl (C=O) groups is 1. The van der Waals surface area contributed by atoms with Crippen LogP contribution in [-0.2, 0) is 11.3 Å². The lowest BCUT2D eigenvalue weighted by atomic mass is 10.1. The first-order valence-corrected chi connectivity index (χ1v) is 8.26. The van der Waals surface area contributed by atoms with Gasteiger partial charge in [-0.2, -0.15) is 0 Å². The fourth-order valence-corrected chi connectivity index (χ4v) is 2.86. The lowest BCUT2D eigenvalue weighted by Gasteiger charge is -2.14. The summed E-state index contributed by atoms with van der Waals surface area (Å²) in [5.74, 6) is 0.0369. The van der Waals surface area contributed by atoms with Crippen LogP contribution in [0.2, 0.25) is 0 Å². The maximum atomic E-state index is 12.3. The average Bonchev–Trinajstić information content (AvgIpc) is 2.56. The fraction of sp³-hybridized carbons (Fsp3) is 0.190. The Kier molecular flexibility index (Phi) is 4.92. The first kappa shape index (κ1) is 16.2. The number of amides is 1. The Hall–Kier alpha value is -2.65. The molecule has 3 aromatic carbocycles. The monoisotopic (exact) mass is 319 g/mol. The summed E-state index contributed by atoms with van der Waals surface area (Å²) in [4.78, 5) is 13.4. The molecule has 0 aromatic heterocycles. The number of carbonyl (C=O) groups excluding carboxylic acids is 1. The molecule has 0 saturated heterocycles. The van der Waals surface area contributed by atoms with Crippen LogP contribution in [0.5, 0.6) is 0 Å². The number of aryl methyl sites for hydroxylation is 1. The Bertz CT molecular complexity index is 840. The number of fused-ring (bicyclic) bond motifs is 1. The van der Waals surface area contributed by atoms with Gasteiger partial charge >= 0.3 is 0 Å². The van der Waals surface area contributed by atoms with Crippen molar-refractivity contribution < 1.29 is 9.69 Å². The van der Waals surface area contributed by atoms with E-state index in [1.54, 1.807) is 0 Å². The van der Waals surface area contributed by atoms with Crippen LogP contribution in [0.1, 0.15) is 11.1 Å². The number of nitrogens with one attached hydrogen (secondary N) is 2. The minimum Gasteiger partial charge on any atom is -0.326 e. The van der Waals surface area contributed by atoms with Crippen LogP contribution in [0.4, 0.5) is 5.69 Å². The highest BCUT2D eigenvalue weighted by atomic mass is 16.2. The molecule has 0 radical (unpaired) electrons. The second kappa shape index (κ2) is 7.28. The van der Waals surface area contributed by atoms with E-state index in [2.05, 4.69) is 48.6 Å². The van der Waals surface area contributed by atoms with Crippen LogP contribution in [0.25, 0.3) is 10.8 Å². The molecule has 3 nitrogen and oxygen atoms in total. The SMILES string of the molecule is Cc1ccc(C[NH+](C)CC(=O)Nc2ccc3ccccc3c2)cc1. The van der Waals surface area contributed by atoms with Crippen LogP contribution < -0.4 is 10.2 Å². The van der Waals surface area contributed by atoms with Crippen LogP contribution in [-0.4, -0.2) is 19.5 Å². The van der Waals surface area contributed by atoms with Gasteiger partial charge in [0.1, 0.15) is 6.54 Å². The van der Waals surface area contributed by atoms with Gasteiger partial charge in [-0.05, 0) is 29.8 Å². The van der Waals surface area contributed by atoms with E-state index in [0.717, 1.165) is 22.5 Å². The van der Waals surface area contributed by atoms with Gasteiger partial charge < -0.3 is 10.2 Å². The van der Waals surface area contributed by atoms with Crippen molar-refractivity contribution in [1.82, 2.24) is 0 Å². The van der Waals surface area contributed by atoms with Crippen molar-refractivity contribution in [3.05, 3.63) is 77.9 Å². The normalized spacial score (nSPS) is 12.1. The topological polar surface area (TPSA) is 33.5 Å². The van der Waals surface area contributed by atoms with Gasteiger partial charge in [0.2, 0.25) is 0 Å². The third-order valence-electron chi connectivity index (χ3n) is 4.12. The Labute approximate surface area is 142 Å². The maximum absolute atomic E-state index is 12.3. The molecule has 0 aliphatic carbocycles. The van der Waals surface area contributed by atoms with Crippen LogP contribution in [0, 0.1) is 6.92 Å². The number of quaternary nitrogens is 1. The van der Waals surface area contributed by atoms with Gasteiger partial charge in [0, 0.05) is 11.3 Å². The van der Waals surface area contributed by atoms with E-state index in [4.69, 9.17) is 0 Å². The zero-order chi connectivity index (χ0) is 16.9. The molecule has 0 saturated carbocycles. The summed E-state index contributed by atoms with van der Waals surface area (Å²) in [6.45, 7) is 3.36. The van der Waals surface area contributed by atoms with Gasteiger partial charge in [-0.15, -0.1) is 0 Å². The lowest BCUT2D eigenvalue weighted by Crippen LogP contribution is -3.08. The first-order chi connectivity index (χ1) is 11.6. The third kappa shape index (κ3) is 4.21. The Morgan fingerprint density at radius 1 is 0.958 bits per heavy atom. The molecule has 0 aliphatic heterocycles. The molecule has 3 rings (SSSR count). The molecule has 0 spiro atoms. The van der Waals surface area contributed by atoms with Gasteiger partial charge in [0.25, 0.3) is 5.91 Å². The highest BCUT2D eigenvalue weighted by Crippen LogP contribution is 2.18. The highest BCUT2D eigenvalue weighted by Gasteiger charge is 2.11. The molecule has 0 heterocycles. The van der Waals surface area contributed by atoms with Gasteiger partial charge in [-0.3, -0.25) is 4.79 Å². The molecule has 122 valence electrons. The molecule has 0 bridgehead atoms. The molecule has 0 aliphatic rings. The number of hydrogen-bond acceptors (Lipinski definition) is 1. The van der Waals surface area contributed by atoms with Crippen molar-refractivity contribution in [2.45, 2.75) is 13.5 Å². The third-order valence-corrected chi connectivity index (χ3v) is 4.12. The van der Waals surface area contributed by atoms with Crippen molar-refractivity contribution in [1.29, 1.82) is 0 Å². The standard InChI is InChI=1S/C21H22N2O/c1-16-7-9-17(10-8-16)14-23(2)15-21(24)22-20-12-11-18-5-3-4-6-19(18)13-20/h3-13H,14-15H2,1-2H3,(H,22,24)/p+1. The molecule has 3 aromatic rings. The predicted molar refractivity (Wildman–Crippen MR) is 99.2 cm³/mol. The Morgan fingerprint density at radius 3 is 2.42 bits per heavy atom. The van der Waals surface area contributed by atoms with E-state index in [9.17, 15) is 4.79 Å². The second-order valence-electron chi connectivity index (χ2n) is 6.41. The highest BCUT2D eigenvalue weighted by molar-refractivity contribution is 5.94. The molecular weight excluding hydrogens is 296 g/mol. The van der Waals surface area contributed by atoms with E-state index >= 15 is 0 Å². The maximum Gasteiger partial charge on any atom is 0.279 e. The summed E-state index contributed by atoms with van der Waals surface area (Å²) in [7, 11) is 2.04. The first-order valence-electron chi connectivity index (χ1n) is 8.26. The number of anilines is 1. The summed E-state index contributed by atoms with van der Waals surface area (Å²) >= 11 is 0. The molecule has 1 atom stereocenters. The van der Waals surface area contributed by atoms with Crippen molar-refractivity contribution in [3.63, 3.8) is 0 Å². The fourth-order valence-electron chi connectivity index (χ4n) is 2.86. The van der Waals surface area contributed by atoms with E-state index in [1.807, 2.05) is 37.4 Å². The predicted octanol–water partition coefficient (Wildman–Crippen LogP) is 2.80. The Balaban J connectivity index is 1.58. The summed E-state index contributed by atoms with van der Waals surface area (Å²) < 4.78 is 0. The zero-order valence-corrected chi connectivity index (χ0v) is 14.2. The van der Waals surface area contributed by atoms with E-state index in [-0.39, 0.29) is 5.91 Å². The largest absolute Gasteiger partial charge is 0.326 e. The van der Waals surface area contributed by atoms with Gasteiger partial charge in [-0.1, -0.05) is 60.2 Å².